The molecule has 0 bridgehead atoms. The van der Waals surface area contributed by atoms with Crippen molar-refractivity contribution in [2.24, 2.45) is 12.8 Å². The van der Waals surface area contributed by atoms with Crippen molar-refractivity contribution in [3.05, 3.63) is 23.4 Å². The Morgan fingerprint density at radius 1 is 1.25 bits per heavy atom. The lowest BCUT2D eigenvalue weighted by atomic mass is 10.0. The lowest BCUT2D eigenvalue weighted by Crippen LogP contribution is -2.39. The maximum absolute atomic E-state index is 10.8. The highest BCUT2D eigenvalue weighted by Gasteiger charge is 2.25. The number of carbonyl (C=O) groups excluding carboxylic acids is 1. The number of ether oxygens (including phenoxy) is 1. The number of primary amides is 1. The minimum absolute atomic E-state index is 0.110. The molecule has 3 rings (SSSR count). The number of nitrogens with two attached hydrogens (primary N) is 1. The second-order valence-electron chi connectivity index (χ2n) is 6.12. The van der Waals surface area contributed by atoms with Gasteiger partial charge in [-0.15, -0.1) is 10.2 Å². The number of aryl methyl sites for hydroxylation is 1. The van der Waals surface area contributed by atoms with Gasteiger partial charge >= 0.3 is 6.09 Å². The second kappa shape index (κ2) is 6.46. The highest BCUT2D eigenvalue weighted by atomic mass is 16.6. The van der Waals surface area contributed by atoms with Gasteiger partial charge in [0.05, 0.1) is 0 Å². The van der Waals surface area contributed by atoms with Crippen LogP contribution in [0.5, 0.6) is 0 Å². The van der Waals surface area contributed by atoms with E-state index in [-0.39, 0.29) is 6.10 Å². The number of aromatic nitrogens is 4. The fourth-order valence-corrected chi connectivity index (χ4v) is 3.03. The molecule has 128 valence electrons. The Bertz CT molecular complexity index is 749. The molecule has 8 nitrogen and oxygen atoms in total. The lowest BCUT2D eigenvalue weighted by molar-refractivity contribution is 0.0911. The van der Waals surface area contributed by atoms with E-state index in [9.17, 15) is 4.79 Å². The van der Waals surface area contributed by atoms with E-state index in [1.807, 2.05) is 26.2 Å². The predicted molar refractivity (Wildman–Crippen MR) is 89.6 cm³/mol. The maximum atomic E-state index is 10.8. The Hall–Kier alpha value is -2.64. The summed E-state index contributed by atoms with van der Waals surface area (Å²) < 4.78 is 6.83. The summed E-state index contributed by atoms with van der Waals surface area (Å²) >= 11 is 0. The van der Waals surface area contributed by atoms with Gasteiger partial charge in [0.2, 0.25) is 0 Å². The average Bonchev–Trinajstić information content (AvgIpc) is 2.97. The number of amides is 1. The molecule has 0 atom stereocenters. The van der Waals surface area contributed by atoms with Gasteiger partial charge < -0.3 is 15.4 Å². The van der Waals surface area contributed by atoms with Crippen LogP contribution in [-0.4, -0.2) is 45.3 Å². The van der Waals surface area contributed by atoms with E-state index in [0.29, 0.717) is 0 Å². The van der Waals surface area contributed by atoms with Crippen LogP contribution in [0.15, 0.2) is 12.3 Å². The summed E-state index contributed by atoms with van der Waals surface area (Å²) in [6.07, 6.45) is 2.56. The number of anilines is 1. The largest absolute Gasteiger partial charge is 0.446 e. The van der Waals surface area contributed by atoms with Crippen molar-refractivity contribution in [1.29, 1.82) is 0 Å². The molecule has 0 aromatic carbocycles. The first kappa shape index (κ1) is 16.2. The third-order valence-corrected chi connectivity index (χ3v) is 4.48. The first-order valence-corrected chi connectivity index (χ1v) is 8.00. The minimum Gasteiger partial charge on any atom is -0.446 e. The molecule has 0 unspecified atom stereocenters. The third-order valence-electron chi connectivity index (χ3n) is 4.48. The van der Waals surface area contributed by atoms with Crippen LogP contribution in [0.25, 0.3) is 11.4 Å². The summed E-state index contributed by atoms with van der Waals surface area (Å²) in [5.74, 6) is 0.879. The zero-order valence-electron chi connectivity index (χ0n) is 14.2. The monoisotopic (exact) mass is 330 g/mol. The van der Waals surface area contributed by atoms with Gasteiger partial charge in [0, 0.05) is 39.2 Å². The molecule has 0 saturated carbocycles. The summed E-state index contributed by atoms with van der Waals surface area (Å²) in [4.78, 5) is 13.0. The van der Waals surface area contributed by atoms with Gasteiger partial charge in [-0.25, -0.2) is 4.79 Å². The maximum Gasteiger partial charge on any atom is 0.404 e. The molecule has 24 heavy (non-hydrogen) atoms. The highest BCUT2D eigenvalue weighted by Crippen LogP contribution is 2.28. The number of hydrogen-bond acceptors (Lipinski definition) is 6. The molecule has 2 aromatic rings. The lowest BCUT2D eigenvalue weighted by Gasteiger charge is -2.33. The Labute approximate surface area is 140 Å². The number of rotatable bonds is 3. The number of carbonyl (C=O) groups is 1. The molecule has 1 amide bonds. The van der Waals surface area contributed by atoms with Gasteiger partial charge in [-0.3, -0.25) is 4.68 Å². The molecule has 1 saturated heterocycles. The summed E-state index contributed by atoms with van der Waals surface area (Å²) in [6.45, 7) is 5.62. The quantitative estimate of drug-likeness (QED) is 0.917. The fraction of sp³-hybridized carbons (Fsp3) is 0.500. The molecule has 3 heterocycles. The van der Waals surface area contributed by atoms with Crippen LogP contribution < -0.4 is 10.6 Å². The molecule has 1 aliphatic rings. The van der Waals surface area contributed by atoms with Crippen molar-refractivity contribution >= 4 is 11.9 Å². The van der Waals surface area contributed by atoms with E-state index in [0.717, 1.165) is 54.3 Å². The van der Waals surface area contributed by atoms with Crippen LogP contribution in [0.3, 0.4) is 0 Å². The standard InChI is InChI=1S/C16H22N6O2/c1-10-11(2)15(19-18-14(10)13-6-7-21(3)20-13)22-8-4-12(5-9-22)24-16(17)23/h6-7,12H,4-5,8-9H2,1-3H3,(H2,17,23). The molecule has 0 spiro atoms. The molecule has 2 N–H and O–H groups in total. The summed E-state index contributed by atoms with van der Waals surface area (Å²) in [6, 6.07) is 1.93. The molecule has 1 aliphatic heterocycles. The number of hydrogen-bond donors (Lipinski definition) is 1. The molecule has 2 aromatic heterocycles. The van der Waals surface area contributed by atoms with Crippen molar-refractivity contribution in [2.75, 3.05) is 18.0 Å². The van der Waals surface area contributed by atoms with E-state index in [1.54, 1.807) is 4.68 Å². The van der Waals surface area contributed by atoms with E-state index in [4.69, 9.17) is 10.5 Å². The first-order valence-electron chi connectivity index (χ1n) is 8.00. The highest BCUT2D eigenvalue weighted by molar-refractivity contribution is 5.65. The van der Waals surface area contributed by atoms with Crippen LogP contribution in [-0.2, 0) is 11.8 Å². The zero-order chi connectivity index (χ0) is 17.3. The molecule has 0 radical (unpaired) electrons. The van der Waals surface area contributed by atoms with E-state index in [2.05, 4.69) is 27.1 Å². The Morgan fingerprint density at radius 2 is 1.96 bits per heavy atom. The van der Waals surface area contributed by atoms with Crippen molar-refractivity contribution in [3.8, 4) is 11.4 Å². The topological polar surface area (TPSA) is 99.2 Å². The van der Waals surface area contributed by atoms with Crippen LogP contribution in [0.4, 0.5) is 10.6 Å². The smallest absolute Gasteiger partial charge is 0.404 e. The minimum atomic E-state index is -0.708. The van der Waals surface area contributed by atoms with E-state index >= 15 is 0 Å². The zero-order valence-corrected chi connectivity index (χ0v) is 14.2. The first-order chi connectivity index (χ1) is 11.5. The van der Waals surface area contributed by atoms with Crippen molar-refractivity contribution in [3.63, 3.8) is 0 Å². The SMILES string of the molecule is Cc1c(-c2ccn(C)n2)nnc(N2CCC(OC(N)=O)CC2)c1C. The van der Waals surface area contributed by atoms with Gasteiger partial charge in [-0.1, -0.05) is 0 Å². The summed E-state index contributed by atoms with van der Waals surface area (Å²) in [7, 11) is 1.88. The van der Waals surface area contributed by atoms with Gasteiger partial charge in [-0.2, -0.15) is 5.10 Å². The van der Waals surface area contributed by atoms with Crippen molar-refractivity contribution in [1.82, 2.24) is 20.0 Å². The van der Waals surface area contributed by atoms with Crippen LogP contribution in [0.1, 0.15) is 24.0 Å². The molecule has 1 fully saturated rings. The normalized spacial score (nSPS) is 15.5. The van der Waals surface area contributed by atoms with E-state index < -0.39 is 6.09 Å². The van der Waals surface area contributed by atoms with Gasteiger partial charge in [0.15, 0.2) is 5.82 Å². The van der Waals surface area contributed by atoms with Crippen LogP contribution >= 0.6 is 0 Å². The summed E-state index contributed by atoms with van der Waals surface area (Å²) in [5, 5.41) is 13.2. The van der Waals surface area contributed by atoms with Gasteiger partial charge in [0.1, 0.15) is 17.5 Å². The fourth-order valence-electron chi connectivity index (χ4n) is 3.03. The molecular weight excluding hydrogens is 308 g/mol. The Balaban J connectivity index is 1.78. The number of nitrogens with zero attached hydrogens (tertiary/aromatic N) is 5. The van der Waals surface area contributed by atoms with Gasteiger partial charge in [-0.05, 0) is 31.0 Å². The molecular formula is C16H22N6O2. The summed E-state index contributed by atoms with van der Waals surface area (Å²) in [5.41, 5.74) is 8.89. The molecule has 0 aliphatic carbocycles. The third kappa shape index (κ3) is 3.17. The van der Waals surface area contributed by atoms with Crippen LogP contribution in [0.2, 0.25) is 0 Å². The van der Waals surface area contributed by atoms with Crippen LogP contribution in [0, 0.1) is 13.8 Å². The average molecular weight is 330 g/mol. The molecule has 8 heteroatoms. The number of piperidine rings is 1. The van der Waals surface area contributed by atoms with E-state index in [1.165, 1.54) is 0 Å². The second-order valence-corrected chi connectivity index (χ2v) is 6.12. The van der Waals surface area contributed by atoms with Crippen molar-refractivity contribution < 1.29 is 9.53 Å². The Morgan fingerprint density at radius 3 is 2.54 bits per heavy atom. The Kier molecular flexibility index (Phi) is 4.37. The van der Waals surface area contributed by atoms with Crippen molar-refractivity contribution in [2.45, 2.75) is 32.8 Å². The predicted octanol–water partition coefficient (Wildman–Crippen LogP) is 1.56. The van der Waals surface area contributed by atoms with Gasteiger partial charge in [0.25, 0.3) is 0 Å².